The predicted molar refractivity (Wildman–Crippen MR) is 53.5 cm³/mol. The van der Waals surface area contributed by atoms with E-state index < -0.39 is 12.0 Å². The number of hydrogen-bond acceptors (Lipinski definition) is 3. The second kappa shape index (κ2) is 4.74. The van der Waals surface area contributed by atoms with Crippen LogP contribution in [0.2, 0.25) is 0 Å². The van der Waals surface area contributed by atoms with Crippen LogP contribution in [0.4, 0.5) is 0 Å². The lowest BCUT2D eigenvalue weighted by Crippen LogP contribution is -2.14. The molecule has 0 bridgehead atoms. The molecule has 0 aliphatic carbocycles. The number of carboxylic acids is 1. The predicted octanol–water partition coefficient (Wildman–Crippen LogP) is 0.620. The summed E-state index contributed by atoms with van der Waals surface area (Å²) in [7, 11) is 0. The van der Waals surface area contributed by atoms with Crippen LogP contribution in [0.5, 0.6) is 0 Å². The highest BCUT2D eigenvalue weighted by atomic mass is 16.4. The molecular formula is C10H14N2O2. The topological polar surface area (TPSA) is 89.3 Å². The van der Waals surface area contributed by atoms with Crippen molar-refractivity contribution in [2.75, 3.05) is 0 Å². The number of nitrogens with two attached hydrogens (primary N) is 2. The third kappa shape index (κ3) is 2.83. The number of aliphatic carboxylic acids is 1. The Labute approximate surface area is 82.5 Å². The summed E-state index contributed by atoms with van der Waals surface area (Å²) < 4.78 is 0. The van der Waals surface area contributed by atoms with Crippen LogP contribution in [0.1, 0.15) is 23.6 Å². The molecule has 1 aromatic carbocycles. The molecular weight excluding hydrogens is 180 g/mol. The number of benzene rings is 1. The molecule has 4 nitrogen and oxygen atoms in total. The average Bonchev–Trinajstić information content (AvgIpc) is 2.17. The molecule has 1 rings (SSSR count). The Hall–Kier alpha value is -1.39. The van der Waals surface area contributed by atoms with Gasteiger partial charge >= 0.3 is 5.97 Å². The van der Waals surface area contributed by atoms with E-state index in [2.05, 4.69) is 0 Å². The first-order chi connectivity index (χ1) is 6.63. The van der Waals surface area contributed by atoms with Gasteiger partial charge in [-0.2, -0.15) is 0 Å². The van der Waals surface area contributed by atoms with E-state index in [0.29, 0.717) is 6.54 Å². The standard InChI is InChI=1S/C10H14N2O2/c11-6-7-1-3-8(4-2-7)9(12)5-10(13)14/h1-4,9H,5-6,11-12H2,(H,13,14). The van der Waals surface area contributed by atoms with Crippen LogP contribution in [-0.4, -0.2) is 11.1 Å². The molecule has 0 heterocycles. The number of carboxylic acid groups (broad SMARTS) is 1. The molecule has 1 aromatic rings. The zero-order valence-electron chi connectivity index (χ0n) is 7.81. The molecule has 0 amide bonds. The molecule has 1 atom stereocenters. The summed E-state index contributed by atoms with van der Waals surface area (Å²) in [6, 6.07) is 6.90. The van der Waals surface area contributed by atoms with Crippen molar-refractivity contribution in [3.05, 3.63) is 35.4 Å². The summed E-state index contributed by atoms with van der Waals surface area (Å²) >= 11 is 0. The maximum Gasteiger partial charge on any atom is 0.305 e. The number of rotatable bonds is 4. The van der Waals surface area contributed by atoms with Crippen molar-refractivity contribution in [3.63, 3.8) is 0 Å². The molecule has 0 aliphatic heterocycles. The Bertz CT molecular complexity index is 308. The van der Waals surface area contributed by atoms with Gasteiger partial charge < -0.3 is 16.6 Å². The molecule has 1 unspecified atom stereocenters. The molecule has 4 heteroatoms. The van der Waals surface area contributed by atoms with Gasteiger partial charge in [-0.15, -0.1) is 0 Å². The fourth-order valence-electron chi connectivity index (χ4n) is 1.21. The maximum absolute atomic E-state index is 10.4. The van der Waals surface area contributed by atoms with Crippen molar-refractivity contribution < 1.29 is 9.90 Å². The van der Waals surface area contributed by atoms with Crippen molar-refractivity contribution in [1.29, 1.82) is 0 Å². The van der Waals surface area contributed by atoms with E-state index in [0.717, 1.165) is 11.1 Å². The van der Waals surface area contributed by atoms with E-state index in [4.69, 9.17) is 16.6 Å². The van der Waals surface area contributed by atoms with Crippen LogP contribution in [0.25, 0.3) is 0 Å². The van der Waals surface area contributed by atoms with Gasteiger partial charge in [0.1, 0.15) is 0 Å². The monoisotopic (exact) mass is 194 g/mol. The Morgan fingerprint density at radius 3 is 2.36 bits per heavy atom. The van der Waals surface area contributed by atoms with Gasteiger partial charge in [-0.25, -0.2) is 0 Å². The van der Waals surface area contributed by atoms with Gasteiger partial charge in [-0.1, -0.05) is 24.3 Å². The van der Waals surface area contributed by atoms with Crippen molar-refractivity contribution in [2.45, 2.75) is 19.0 Å². The first-order valence-electron chi connectivity index (χ1n) is 4.39. The summed E-state index contributed by atoms with van der Waals surface area (Å²) in [6.45, 7) is 0.481. The van der Waals surface area contributed by atoms with E-state index in [1.165, 1.54) is 0 Å². The number of hydrogen-bond donors (Lipinski definition) is 3. The van der Waals surface area contributed by atoms with Gasteiger partial charge in [0.05, 0.1) is 6.42 Å². The van der Waals surface area contributed by atoms with Crippen LogP contribution >= 0.6 is 0 Å². The Balaban J connectivity index is 2.71. The summed E-state index contributed by atoms with van der Waals surface area (Å²) in [4.78, 5) is 10.4. The quantitative estimate of drug-likeness (QED) is 0.655. The smallest absolute Gasteiger partial charge is 0.305 e. The summed E-state index contributed by atoms with van der Waals surface area (Å²) in [5.41, 5.74) is 12.9. The molecule has 0 saturated carbocycles. The third-order valence-electron chi connectivity index (χ3n) is 2.04. The van der Waals surface area contributed by atoms with E-state index in [1.807, 2.05) is 24.3 Å². The van der Waals surface area contributed by atoms with Gasteiger partial charge in [-0.3, -0.25) is 4.79 Å². The third-order valence-corrected chi connectivity index (χ3v) is 2.04. The van der Waals surface area contributed by atoms with E-state index in [9.17, 15) is 4.79 Å². The summed E-state index contributed by atoms with van der Waals surface area (Å²) in [5.74, 6) is -0.889. The molecule has 0 aliphatic rings. The van der Waals surface area contributed by atoms with E-state index in [1.54, 1.807) is 0 Å². The minimum absolute atomic E-state index is 0.0536. The van der Waals surface area contributed by atoms with Crippen LogP contribution in [-0.2, 0) is 11.3 Å². The van der Waals surface area contributed by atoms with Crippen molar-refractivity contribution >= 4 is 5.97 Å². The second-order valence-corrected chi connectivity index (χ2v) is 3.15. The molecule has 0 saturated heterocycles. The van der Waals surface area contributed by atoms with Crippen molar-refractivity contribution in [3.8, 4) is 0 Å². The SMILES string of the molecule is NCc1ccc(C(N)CC(=O)O)cc1. The fraction of sp³-hybridized carbons (Fsp3) is 0.300. The molecule has 14 heavy (non-hydrogen) atoms. The molecule has 76 valence electrons. The maximum atomic E-state index is 10.4. The lowest BCUT2D eigenvalue weighted by atomic mass is 10.0. The zero-order valence-corrected chi connectivity index (χ0v) is 7.81. The zero-order chi connectivity index (χ0) is 10.6. The highest BCUT2D eigenvalue weighted by Gasteiger charge is 2.09. The summed E-state index contributed by atoms with van der Waals surface area (Å²) in [6.07, 6.45) is -0.0536. The van der Waals surface area contributed by atoms with Crippen LogP contribution in [0.15, 0.2) is 24.3 Å². The Morgan fingerprint density at radius 2 is 1.93 bits per heavy atom. The summed E-state index contributed by atoms with van der Waals surface area (Å²) in [5, 5.41) is 8.55. The van der Waals surface area contributed by atoms with Gasteiger partial charge in [0.2, 0.25) is 0 Å². The fourth-order valence-corrected chi connectivity index (χ4v) is 1.21. The largest absolute Gasteiger partial charge is 0.481 e. The van der Waals surface area contributed by atoms with E-state index >= 15 is 0 Å². The highest BCUT2D eigenvalue weighted by Crippen LogP contribution is 2.14. The molecule has 5 N–H and O–H groups in total. The van der Waals surface area contributed by atoms with Gasteiger partial charge in [0.25, 0.3) is 0 Å². The van der Waals surface area contributed by atoms with Crippen LogP contribution in [0, 0.1) is 0 Å². The second-order valence-electron chi connectivity index (χ2n) is 3.15. The lowest BCUT2D eigenvalue weighted by molar-refractivity contribution is -0.137. The Morgan fingerprint density at radius 1 is 1.36 bits per heavy atom. The molecule has 0 aromatic heterocycles. The van der Waals surface area contributed by atoms with Gasteiger partial charge in [0, 0.05) is 12.6 Å². The average molecular weight is 194 g/mol. The normalized spacial score (nSPS) is 12.4. The van der Waals surface area contributed by atoms with Gasteiger partial charge in [0.15, 0.2) is 0 Å². The van der Waals surface area contributed by atoms with Crippen LogP contribution in [0.3, 0.4) is 0 Å². The Kier molecular flexibility index (Phi) is 3.62. The molecule has 0 fully saturated rings. The van der Waals surface area contributed by atoms with Crippen molar-refractivity contribution in [2.24, 2.45) is 11.5 Å². The highest BCUT2D eigenvalue weighted by molar-refractivity contribution is 5.67. The molecule has 0 radical (unpaired) electrons. The number of carbonyl (C=O) groups is 1. The van der Waals surface area contributed by atoms with E-state index in [-0.39, 0.29) is 6.42 Å². The minimum Gasteiger partial charge on any atom is -0.481 e. The van der Waals surface area contributed by atoms with Crippen molar-refractivity contribution in [1.82, 2.24) is 0 Å². The van der Waals surface area contributed by atoms with Gasteiger partial charge in [-0.05, 0) is 11.1 Å². The molecule has 0 spiro atoms. The van der Waals surface area contributed by atoms with Crippen LogP contribution < -0.4 is 11.5 Å². The first kappa shape index (κ1) is 10.7. The lowest BCUT2D eigenvalue weighted by Gasteiger charge is -2.09. The first-order valence-corrected chi connectivity index (χ1v) is 4.39. The minimum atomic E-state index is -0.889.